The maximum atomic E-state index is 13.2. The van der Waals surface area contributed by atoms with Gasteiger partial charge in [-0.05, 0) is 44.2 Å². The molecule has 0 aliphatic carbocycles. The maximum Gasteiger partial charge on any atom is 0.387 e. The number of hydrogen-bond acceptors (Lipinski definition) is 4. The largest absolute Gasteiger partial charge is 0.485 e. The second-order valence-corrected chi connectivity index (χ2v) is 7.64. The summed E-state index contributed by atoms with van der Waals surface area (Å²) in [6.07, 6.45) is -1.06. The van der Waals surface area contributed by atoms with Crippen molar-refractivity contribution in [2.45, 2.75) is 38.2 Å². The molecule has 0 radical (unpaired) electrons. The fourth-order valence-corrected chi connectivity index (χ4v) is 3.92. The van der Waals surface area contributed by atoms with E-state index >= 15 is 0 Å². The average Bonchev–Trinajstić information content (AvgIpc) is 3.04. The van der Waals surface area contributed by atoms with Crippen molar-refractivity contribution >= 4 is 11.7 Å². The molecule has 0 spiro atoms. The number of halogens is 2. The van der Waals surface area contributed by atoms with Crippen LogP contribution in [0.4, 0.5) is 19.3 Å². The van der Waals surface area contributed by atoms with E-state index in [0.717, 1.165) is 5.69 Å². The molecule has 2 aliphatic heterocycles. The van der Waals surface area contributed by atoms with Gasteiger partial charge in [-0.3, -0.25) is 4.90 Å². The van der Waals surface area contributed by atoms with Crippen LogP contribution in [0.3, 0.4) is 0 Å². The van der Waals surface area contributed by atoms with Crippen molar-refractivity contribution in [3.05, 3.63) is 54.1 Å². The molecule has 2 aromatic carbocycles. The summed E-state index contributed by atoms with van der Waals surface area (Å²) in [6.45, 7) is 1.32. The third kappa shape index (κ3) is 3.48. The number of fused-ring (bicyclic) bond motifs is 1. The van der Waals surface area contributed by atoms with Crippen molar-refractivity contribution in [1.29, 1.82) is 0 Å². The van der Waals surface area contributed by atoms with E-state index < -0.39 is 24.4 Å². The highest BCUT2D eigenvalue weighted by Gasteiger charge is 2.49. The Kier molecular flexibility index (Phi) is 4.82. The third-order valence-electron chi connectivity index (χ3n) is 5.35. The molecule has 6 nitrogen and oxygen atoms in total. The van der Waals surface area contributed by atoms with E-state index in [1.54, 1.807) is 23.6 Å². The van der Waals surface area contributed by atoms with Gasteiger partial charge in [0.1, 0.15) is 23.2 Å². The van der Waals surface area contributed by atoms with Crippen LogP contribution in [0.5, 0.6) is 11.5 Å². The van der Waals surface area contributed by atoms with E-state index in [-0.39, 0.29) is 11.8 Å². The lowest BCUT2D eigenvalue weighted by Crippen LogP contribution is -2.54. The minimum Gasteiger partial charge on any atom is -0.485 e. The van der Waals surface area contributed by atoms with E-state index in [1.165, 1.54) is 18.2 Å². The van der Waals surface area contributed by atoms with Crippen molar-refractivity contribution < 1.29 is 28.2 Å². The summed E-state index contributed by atoms with van der Waals surface area (Å²) in [5.41, 5.74) is 0.234. The van der Waals surface area contributed by atoms with Crippen molar-refractivity contribution in [1.82, 2.24) is 4.90 Å². The lowest BCUT2D eigenvalue weighted by molar-refractivity contribution is -0.0829. The zero-order valence-corrected chi connectivity index (χ0v) is 16.1. The van der Waals surface area contributed by atoms with E-state index in [4.69, 9.17) is 4.74 Å². The zero-order valence-electron chi connectivity index (χ0n) is 16.1. The van der Waals surface area contributed by atoms with E-state index in [1.807, 2.05) is 30.3 Å². The Morgan fingerprint density at radius 1 is 1.17 bits per heavy atom. The standard InChI is InChI=1S/C21H22F2N2O4/c1-21(2)18(26)17(15-12-14(28-19(22)23)8-9-16(15)29-21)25-11-10-24(20(25)27)13-6-4-3-5-7-13/h3-9,12,17-19,26H,10-11H2,1-2H3. The fraction of sp³-hybridized carbons (Fsp3) is 0.381. The summed E-state index contributed by atoms with van der Waals surface area (Å²) in [7, 11) is 0. The summed E-state index contributed by atoms with van der Waals surface area (Å²) in [6, 6.07) is 12.6. The van der Waals surface area contributed by atoms with Crippen LogP contribution in [0.15, 0.2) is 48.5 Å². The number of para-hydroxylation sites is 1. The molecule has 154 valence electrons. The molecule has 0 saturated carbocycles. The second kappa shape index (κ2) is 7.18. The monoisotopic (exact) mass is 404 g/mol. The van der Waals surface area contributed by atoms with Crippen LogP contribution in [0.25, 0.3) is 0 Å². The van der Waals surface area contributed by atoms with Crippen molar-refractivity contribution in [2.24, 2.45) is 0 Å². The summed E-state index contributed by atoms with van der Waals surface area (Å²) >= 11 is 0. The van der Waals surface area contributed by atoms with Crippen LogP contribution >= 0.6 is 0 Å². The zero-order chi connectivity index (χ0) is 20.8. The van der Waals surface area contributed by atoms with Gasteiger partial charge < -0.3 is 19.5 Å². The van der Waals surface area contributed by atoms with Crippen LogP contribution < -0.4 is 14.4 Å². The summed E-state index contributed by atoms with van der Waals surface area (Å²) < 4.78 is 35.7. The van der Waals surface area contributed by atoms with Gasteiger partial charge in [-0.25, -0.2) is 4.79 Å². The molecule has 2 aliphatic rings. The highest BCUT2D eigenvalue weighted by molar-refractivity contribution is 5.94. The quantitative estimate of drug-likeness (QED) is 0.842. The number of aliphatic hydroxyl groups excluding tert-OH is 1. The molecular weight excluding hydrogens is 382 g/mol. The van der Waals surface area contributed by atoms with E-state index in [9.17, 15) is 18.7 Å². The molecule has 2 aromatic rings. The van der Waals surface area contributed by atoms with Gasteiger partial charge in [-0.15, -0.1) is 0 Å². The molecule has 0 bridgehead atoms. The topological polar surface area (TPSA) is 62.2 Å². The average molecular weight is 404 g/mol. The Balaban J connectivity index is 1.71. The summed E-state index contributed by atoms with van der Waals surface area (Å²) in [5, 5.41) is 11.0. The van der Waals surface area contributed by atoms with Crippen LogP contribution in [0.2, 0.25) is 0 Å². The predicted octanol–water partition coefficient (Wildman–Crippen LogP) is 3.80. The molecule has 1 fully saturated rings. The first-order chi connectivity index (χ1) is 13.8. The van der Waals surface area contributed by atoms with Gasteiger partial charge >= 0.3 is 12.6 Å². The van der Waals surface area contributed by atoms with Gasteiger partial charge in [0.2, 0.25) is 0 Å². The van der Waals surface area contributed by atoms with Crippen LogP contribution in [-0.2, 0) is 0 Å². The molecule has 0 aromatic heterocycles. The second-order valence-electron chi connectivity index (χ2n) is 7.64. The van der Waals surface area contributed by atoms with Crippen LogP contribution in [0, 0.1) is 0 Å². The van der Waals surface area contributed by atoms with E-state index in [0.29, 0.717) is 24.4 Å². The minimum absolute atomic E-state index is 0.0502. The number of urea groups is 1. The predicted molar refractivity (Wildman–Crippen MR) is 102 cm³/mol. The number of carbonyl (C=O) groups excluding carboxylic acids is 1. The van der Waals surface area contributed by atoms with Gasteiger partial charge in [-0.2, -0.15) is 8.78 Å². The van der Waals surface area contributed by atoms with Crippen LogP contribution in [-0.4, -0.2) is 47.4 Å². The molecule has 8 heteroatoms. The first-order valence-corrected chi connectivity index (χ1v) is 9.37. The Morgan fingerprint density at radius 3 is 2.59 bits per heavy atom. The first kappa shape index (κ1) is 19.4. The molecule has 2 atom stereocenters. The number of benzene rings is 2. The van der Waals surface area contributed by atoms with Gasteiger partial charge in [0.25, 0.3) is 0 Å². The van der Waals surface area contributed by atoms with E-state index in [2.05, 4.69) is 4.74 Å². The maximum absolute atomic E-state index is 13.2. The molecule has 2 heterocycles. The lowest BCUT2D eigenvalue weighted by atomic mass is 9.85. The highest BCUT2D eigenvalue weighted by atomic mass is 19.3. The van der Waals surface area contributed by atoms with Gasteiger partial charge in [0, 0.05) is 24.3 Å². The molecule has 4 rings (SSSR count). The SMILES string of the molecule is CC1(C)Oc2ccc(OC(F)F)cc2C(N2CCN(c3ccccc3)C2=O)C1O. The highest BCUT2D eigenvalue weighted by Crippen LogP contribution is 2.45. The Labute approximate surface area is 167 Å². The van der Waals surface area contributed by atoms with Gasteiger partial charge in [-0.1, -0.05) is 18.2 Å². The molecule has 1 saturated heterocycles. The number of amides is 2. The molecule has 2 unspecified atom stereocenters. The van der Waals surface area contributed by atoms with Crippen molar-refractivity contribution in [3.63, 3.8) is 0 Å². The van der Waals surface area contributed by atoms with Crippen molar-refractivity contribution in [3.8, 4) is 11.5 Å². The summed E-state index contributed by atoms with van der Waals surface area (Å²) in [4.78, 5) is 16.4. The number of hydrogen-bond donors (Lipinski definition) is 1. The van der Waals surface area contributed by atoms with Crippen LogP contribution in [0.1, 0.15) is 25.5 Å². The smallest absolute Gasteiger partial charge is 0.387 e. The Morgan fingerprint density at radius 2 is 1.90 bits per heavy atom. The van der Waals surface area contributed by atoms with Gasteiger partial charge in [0.05, 0.1) is 6.04 Å². The molecule has 2 amide bonds. The fourth-order valence-electron chi connectivity index (χ4n) is 3.92. The summed E-state index contributed by atoms with van der Waals surface area (Å²) in [5.74, 6) is 0.378. The number of aliphatic hydroxyl groups is 1. The molecule has 1 N–H and O–H groups in total. The Bertz CT molecular complexity index is 907. The Hall–Kier alpha value is -2.87. The normalized spacial score (nSPS) is 23.2. The molecule has 29 heavy (non-hydrogen) atoms. The number of nitrogens with zero attached hydrogens (tertiary/aromatic N) is 2. The number of rotatable bonds is 4. The molecular formula is C21H22F2N2O4. The number of carbonyl (C=O) groups is 1. The number of anilines is 1. The number of alkyl halides is 2. The van der Waals surface area contributed by atoms with Gasteiger partial charge in [0.15, 0.2) is 0 Å². The lowest BCUT2D eigenvalue weighted by Gasteiger charge is -2.45. The van der Waals surface area contributed by atoms with Crippen molar-refractivity contribution in [2.75, 3.05) is 18.0 Å². The first-order valence-electron chi connectivity index (χ1n) is 9.37. The number of ether oxygens (including phenoxy) is 2. The third-order valence-corrected chi connectivity index (χ3v) is 5.35. The minimum atomic E-state index is -2.97.